The van der Waals surface area contributed by atoms with E-state index in [0.29, 0.717) is 10.3 Å². The number of hydrogen-bond donors (Lipinski definition) is 1. The zero-order valence-electron chi connectivity index (χ0n) is 8.33. The van der Waals surface area contributed by atoms with Gasteiger partial charge in [-0.2, -0.15) is 4.73 Å². The fourth-order valence-electron chi connectivity index (χ4n) is 1.52. The zero-order valence-corrected chi connectivity index (χ0v) is 8.33. The van der Waals surface area contributed by atoms with E-state index in [0.717, 1.165) is 11.8 Å². The fourth-order valence-corrected chi connectivity index (χ4v) is 1.52. The molecule has 0 saturated carbocycles. The van der Waals surface area contributed by atoms with E-state index in [9.17, 15) is 10.0 Å². The monoisotopic (exact) mass is 215 g/mol. The fraction of sp³-hybridized carbons (Fsp3) is 0. The third kappa shape index (κ3) is 1.86. The first-order valence-electron chi connectivity index (χ1n) is 4.70. The van der Waals surface area contributed by atoms with Crippen LogP contribution < -0.4 is 4.73 Å². The molecule has 4 heteroatoms. The van der Waals surface area contributed by atoms with Gasteiger partial charge in [0.2, 0.25) is 0 Å². The van der Waals surface area contributed by atoms with Crippen molar-refractivity contribution in [1.82, 2.24) is 0 Å². The number of nitrogens with zero attached hydrogens (tertiary/aromatic N) is 1. The lowest BCUT2D eigenvalue weighted by molar-refractivity contribution is -0.605. The van der Waals surface area contributed by atoms with Crippen molar-refractivity contribution < 1.29 is 14.6 Å². The summed E-state index contributed by atoms with van der Waals surface area (Å²) in [5.74, 6) is -1.11. The standard InChI is InChI=1S/C12H9NO3/c14-12(15)11-8-13(16)7-6-10(11)9-4-2-1-3-5-9/h1-8H,(H,14,15). The average molecular weight is 215 g/mol. The van der Waals surface area contributed by atoms with Crippen molar-refractivity contribution in [2.24, 2.45) is 0 Å². The third-order valence-corrected chi connectivity index (χ3v) is 2.25. The number of pyridine rings is 1. The van der Waals surface area contributed by atoms with Crippen molar-refractivity contribution in [3.8, 4) is 11.1 Å². The van der Waals surface area contributed by atoms with Crippen LogP contribution in [0.3, 0.4) is 0 Å². The van der Waals surface area contributed by atoms with Crippen molar-refractivity contribution in [2.45, 2.75) is 0 Å². The Balaban J connectivity index is 2.61. The number of aromatic nitrogens is 1. The van der Waals surface area contributed by atoms with E-state index < -0.39 is 5.97 Å². The molecular formula is C12H9NO3. The second-order valence-corrected chi connectivity index (χ2v) is 3.30. The molecule has 16 heavy (non-hydrogen) atoms. The molecule has 1 aromatic carbocycles. The molecule has 0 spiro atoms. The van der Waals surface area contributed by atoms with Gasteiger partial charge in [-0.3, -0.25) is 0 Å². The number of rotatable bonds is 2. The van der Waals surface area contributed by atoms with Crippen LogP contribution >= 0.6 is 0 Å². The molecule has 2 aromatic rings. The molecule has 0 aliphatic rings. The summed E-state index contributed by atoms with van der Waals surface area (Å²) < 4.78 is 0.482. The first-order valence-corrected chi connectivity index (χ1v) is 4.70. The van der Waals surface area contributed by atoms with Gasteiger partial charge < -0.3 is 10.3 Å². The molecule has 0 unspecified atom stereocenters. The van der Waals surface area contributed by atoms with Gasteiger partial charge in [-0.05, 0) is 5.56 Å². The Hall–Kier alpha value is -2.36. The Kier molecular flexibility index (Phi) is 2.55. The molecule has 0 bridgehead atoms. The minimum atomic E-state index is -1.11. The summed E-state index contributed by atoms with van der Waals surface area (Å²) >= 11 is 0. The van der Waals surface area contributed by atoms with Gasteiger partial charge in [-0.15, -0.1) is 0 Å². The van der Waals surface area contributed by atoms with Crippen LogP contribution in [0.5, 0.6) is 0 Å². The maximum atomic E-state index is 11.0. The Labute approximate surface area is 92.0 Å². The van der Waals surface area contributed by atoms with E-state index in [-0.39, 0.29) is 5.56 Å². The minimum absolute atomic E-state index is 0.00343. The van der Waals surface area contributed by atoms with Crippen LogP contribution in [0.1, 0.15) is 10.4 Å². The maximum absolute atomic E-state index is 11.0. The normalized spacial score (nSPS) is 10.0. The molecule has 0 saturated heterocycles. The molecular weight excluding hydrogens is 206 g/mol. The molecule has 0 radical (unpaired) electrons. The van der Waals surface area contributed by atoms with E-state index in [1.807, 2.05) is 18.2 Å². The van der Waals surface area contributed by atoms with Gasteiger partial charge in [0.1, 0.15) is 5.56 Å². The summed E-state index contributed by atoms with van der Waals surface area (Å²) in [6.07, 6.45) is 2.35. The molecule has 1 aromatic heterocycles. The quantitative estimate of drug-likeness (QED) is 0.612. The number of carbonyl (C=O) groups is 1. The molecule has 0 aliphatic carbocycles. The summed E-state index contributed by atoms with van der Waals surface area (Å²) in [4.78, 5) is 11.0. The van der Waals surface area contributed by atoms with Gasteiger partial charge in [0.15, 0.2) is 12.4 Å². The Morgan fingerprint density at radius 1 is 1.19 bits per heavy atom. The first kappa shape index (κ1) is 10.2. The highest BCUT2D eigenvalue weighted by Crippen LogP contribution is 2.21. The number of benzene rings is 1. The van der Waals surface area contributed by atoms with Crippen molar-refractivity contribution in [3.05, 3.63) is 59.6 Å². The lowest BCUT2D eigenvalue weighted by Gasteiger charge is -2.05. The van der Waals surface area contributed by atoms with Gasteiger partial charge >= 0.3 is 5.97 Å². The highest BCUT2D eigenvalue weighted by molar-refractivity contribution is 5.95. The number of carboxylic acid groups (broad SMARTS) is 1. The van der Waals surface area contributed by atoms with E-state index in [1.165, 1.54) is 12.3 Å². The molecule has 1 heterocycles. The highest BCUT2D eigenvalue weighted by Gasteiger charge is 2.14. The molecule has 80 valence electrons. The number of carboxylic acids is 1. The third-order valence-electron chi connectivity index (χ3n) is 2.25. The number of hydrogen-bond acceptors (Lipinski definition) is 2. The summed E-state index contributed by atoms with van der Waals surface area (Å²) in [5, 5.41) is 20.0. The molecule has 0 fully saturated rings. The summed E-state index contributed by atoms with van der Waals surface area (Å²) in [6, 6.07) is 10.6. The molecule has 0 amide bonds. The summed E-state index contributed by atoms with van der Waals surface area (Å²) in [6.45, 7) is 0. The van der Waals surface area contributed by atoms with E-state index in [4.69, 9.17) is 5.11 Å². The van der Waals surface area contributed by atoms with Gasteiger partial charge in [0.25, 0.3) is 0 Å². The van der Waals surface area contributed by atoms with Crippen molar-refractivity contribution in [1.29, 1.82) is 0 Å². The first-order chi connectivity index (χ1) is 7.68. The van der Waals surface area contributed by atoms with Crippen LogP contribution in [0.25, 0.3) is 11.1 Å². The number of aromatic carboxylic acids is 1. The predicted molar refractivity (Wildman–Crippen MR) is 57.8 cm³/mol. The summed E-state index contributed by atoms with van der Waals surface area (Å²) in [5.41, 5.74) is 1.32. The molecule has 4 nitrogen and oxygen atoms in total. The van der Waals surface area contributed by atoms with Gasteiger partial charge in [-0.25, -0.2) is 4.79 Å². The predicted octanol–water partition coefficient (Wildman–Crippen LogP) is 1.69. The van der Waals surface area contributed by atoms with Crippen LogP contribution in [-0.2, 0) is 0 Å². The van der Waals surface area contributed by atoms with Crippen LogP contribution in [0.15, 0.2) is 48.8 Å². The van der Waals surface area contributed by atoms with Crippen LogP contribution in [0.4, 0.5) is 0 Å². The minimum Gasteiger partial charge on any atom is -0.619 e. The van der Waals surface area contributed by atoms with Gasteiger partial charge in [-0.1, -0.05) is 30.3 Å². The Morgan fingerprint density at radius 2 is 1.88 bits per heavy atom. The second-order valence-electron chi connectivity index (χ2n) is 3.30. The van der Waals surface area contributed by atoms with E-state index in [1.54, 1.807) is 12.1 Å². The van der Waals surface area contributed by atoms with Gasteiger partial charge in [0.05, 0.1) is 0 Å². The maximum Gasteiger partial charge on any atom is 0.342 e. The van der Waals surface area contributed by atoms with E-state index in [2.05, 4.69) is 0 Å². The van der Waals surface area contributed by atoms with Crippen molar-refractivity contribution in [2.75, 3.05) is 0 Å². The van der Waals surface area contributed by atoms with Crippen LogP contribution in [0, 0.1) is 5.21 Å². The highest BCUT2D eigenvalue weighted by atomic mass is 16.5. The molecule has 1 N–H and O–H groups in total. The molecule has 2 rings (SSSR count). The Morgan fingerprint density at radius 3 is 2.50 bits per heavy atom. The smallest absolute Gasteiger partial charge is 0.342 e. The van der Waals surface area contributed by atoms with Gasteiger partial charge in [0, 0.05) is 11.6 Å². The van der Waals surface area contributed by atoms with Crippen LogP contribution in [-0.4, -0.2) is 11.1 Å². The lowest BCUT2D eigenvalue weighted by atomic mass is 10.0. The SMILES string of the molecule is O=C(O)c1c[n+]([O-])ccc1-c1ccccc1. The topological polar surface area (TPSA) is 64.2 Å². The van der Waals surface area contributed by atoms with E-state index >= 15 is 0 Å². The molecule has 0 atom stereocenters. The second kappa shape index (κ2) is 4.02. The zero-order chi connectivity index (χ0) is 11.5. The van der Waals surface area contributed by atoms with Crippen molar-refractivity contribution in [3.63, 3.8) is 0 Å². The van der Waals surface area contributed by atoms with Crippen LogP contribution in [0.2, 0.25) is 0 Å². The average Bonchev–Trinajstić information content (AvgIpc) is 2.30. The van der Waals surface area contributed by atoms with Crippen molar-refractivity contribution >= 4 is 5.97 Å². The summed E-state index contributed by atoms with van der Waals surface area (Å²) in [7, 11) is 0. The lowest BCUT2D eigenvalue weighted by Crippen LogP contribution is -2.26. The molecule has 0 aliphatic heterocycles. The largest absolute Gasteiger partial charge is 0.619 e. The Bertz CT molecular complexity index is 523.